The first-order chi connectivity index (χ1) is 8.39. The zero-order chi connectivity index (χ0) is 13.3. The molecule has 0 radical (unpaired) electrons. The number of halogens is 2. The molecule has 1 atom stereocenters. The fraction of sp³-hybridized carbons (Fsp3) is 0.417. The first-order valence-corrected chi connectivity index (χ1v) is 6.77. The first kappa shape index (κ1) is 13.1. The molecule has 1 aliphatic heterocycles. The van der Waals surface area contributed by atoms with E-state index in [4.69, 9.17) is 4.84 Å². The Bertz CT molecular complexity index is 509. The summed E-state index contributed by atoms with van der Waals surface area (Å²) in [6, 6.07) is 3.56. The van der Waals surface area contributed by atoms with Crippen molar-refractivity contribution in [2.24, 2.45) is 5.16 Å². The second-order valence-corrected chi connectivity index (χ2v) is 6.15. The van der Waals surface area contributed by atoms with Crippen LogP contribution in [0.3, 0.4) is 0 Å². The molecule has 0 saturated carbocycles. The smallest absolute Gasteiger partial charge is 0.148 e. The summed E-state index contributed by atoms with van der Waals surface area (Å²) in [4.78, 5) is 5.08. The van der Waals surface area contributed by atoms with Crippen LogP contribution in [0.4, 0.5) is 8.78 Å². The van der Waals surface area contributed by atoms with Crippen molar-refractivity contribution < 1.29 is 17.8 Å². The van der Waals surface area contributed by atoms with Gasteiger partial charge in [0.2, 0.25) is 0 Å². The Labute approximate surface area is 106 Å². The summed E-state index contributed by atoms with van der Waals surface area (Å²) in [6.07, 6.45) is 0.398. The molecule has 3 nitrogen and oxygen atoms in total. The lowest BCUT2D eigenvalue weighted by Crippen LogP contribution is -2.21. The molecular formula is C12H13F2NO2S. The lowest BCUT2D eigenvalue weighted by Gasteiger charge is -2.13. The highest BCUT2D eigenvalue weighted by Crippen LogP contribution is 2.25. The molecule has 0 spiro atoms. The minimum absolute atomic E-state index is 0.178. The molecule has 1 aromatic rings. The summed E-state index contributed by atoms with van der Waals surface area (Å²) >= 11 is 0. The van der Waals surface area contributed by atoms with E-state index in [1.165, 1.54) is 6.07 Å². The summed E-state index contributed by atoms with van der Waals surface area (Å²) in [5.74, 6) is -1.61. The molecule has 0 aliphatic carbocycles. The van der Waals surface area contributed by atoms with Crippen LogP contribution in [-0.2, 0) is 21.4 Å². The van der Waals surface area contributed by atoms with Crippen molar-refractivity contribution in [3.63, 3.8) is 0 Å². The van der Waals surface area contributed by atoms with Gasteiger partial charge < -0.3 is 4.84 Å². The number of hydrogen-bond acceptors (Lipinski definition) is 3. The van der Waals surface area contributed by atoms with Crippen LogP contribution in [0, 0.1) is 11.6 Å². The third-order valence-electron chi connectivity index (χ3n) is 2.57. The van der Waals surface area contributed by atoms with Gasteiger partial charge in [-0.05, 0) is 26.0 Å². The van der Waals surface area contributed by atoms with Gasteiger partial charge in [0.05, 0.1) is 16.6 Å². The largest absolute Gasteiger partial charge is 0.389 e. The van der Waals surface area contributed by atoms with E-state index < -0.39 is 28.0 Å². The zero-order valence-electron chi connectivity index (χ0n) is 10.1. The molecule has 0 N–H and O–H groups in total. The lowest BCUT2D eigenvalue weighted by molar-refractivity contribution is 0.0123. The van der Waals surface area contributed by atoms with E-state index in [0.717, 1.165) is 12.1 Å². The van der Waals surface area contributed by atoms with Gasteiger partial charge in [-0.1, -0.05) is 11.2 Å². The molecule has 0 saturated heterocycles. The van der Waals surface area contributed by atoms with Crippen LogP contribution in [0.25, 0.3) is 0 Å². The van der Waals surface area contributed by atoms with Crippen LogP contribution < -0.4 is 0 Å². The fourth-order valence-electron chi connectivity index (χ4n) is 1.61. The summed E-state index contributed by atoms with van der Waals surface area (Å²) in [7, 11) is -1.57. The maximum Gasteiger partial charge on any atom is 0.148 e. The average molecular weight is 273 g/mol. The van der Waals surface area contributed by atoms with E-state index in [1.807, 2.05) is 13.8 Å². The topological polar surface area (TPSA) is 38.7 Å². The first-order valence-electron chi connectivity index (χ1n) is 5.45. The average Bonchev–Trinajstić information content (AvgIpc) is 2.64. The van der Waals surface area contributed by atoms with Crippen LogP contribution in [0.5, 0.6) is 0 Å². The van der Waals surface area contributed by atoms with Gasteiger partial charge in [0.1, 0.15) is 22.3 Å². The Morgan fingerprint density at radius 1 is 1.39 bits per heavy atom. The lowest BCUT2D eigenvalue weighted by atomic mass is 10.1. The van der Waals surface area contributed by atoms with E-state index in [1.54, 1.807) is 0 Å². The Morgan fingerprint density at radius 3 is 2.50 bits per heavy atom. The number of rotatable bonds is 2. The SMILES string of the molecule is CC1(C)CC([S@@](=O)Cc2c(F)cccc2F)=NO1. The molecule has 0 fully saturated rings. The number of nitrogens with zero attached hydrogens (tertiary/aromatic N) is 1. The zero-order valence-corrected chi connectivity index (χ0v) is 10.9. The summed E-state index contributed by atoms with van der Waals surface area (Å²) in [6.45, 7) is 3.62. The Hall–Kier alpha value is -1.30. The van der Waals surface area contributed by atoms with E-state index >= 15 is 0 Å². The van der Waals surface area contributed by atoms with Crippen LogP contribution in [0.1, 0.15) is 25.8 Å². The normalized spacial score (nSPS) is 19.2. The maximum atomic E-state index is 13.4. The van der Waals surface area contributed by atoms with Crippen molar-refractivity contribution in [2.45, 2.75) is 31.6 Å². The van der Waals surface area contributed by atoms with E-state index in [9.17, 15) is 13.0 Å². The van der Waals surface area contributed by atoms with Gasteiger partial charge >= 0.3 is 0 Å². The molecule has 0 amide bonds. The molecule has 2 rings (SSSR count). The quantitative estimate of drug-likeness (QED) is 0.831. The fourth-order valence-corrected chi connectivity index (χ4v) is 2.94. The third kappa shape index (κ3) is 2.75. The number of hydrogen-bond donors (Lipinski definition) is 0. The molecule has 6 heteroatoms. The predicted molar refractivity (Wildman–Crippen MR) is 65.4 cm³/mol. The Kier molecular flexibility index (Phi) is 3.47. The van der Waals surface area contributed by atoms with Gasteiger partial charge in [0.25, 0.3) is 0 Å². The van der Waals surface area contributed by atoms with Gasteiger partial charge in [0.15, 0.2) is 0 Å². The predicted octanol–water partition coefficient (Wildman–Crippen LogP) is 2.73. The van der Waals surface area contributed by atoms with E-state index in [2.05, 4.69) is 5.16 Å². The Morgan fingerprint density at radius 2 is 2.00 bits per heavy atom. The molecule has 1 aliphatic rings. The molecule has 18 heavy (non-hydrogen) atoms. The third-order valence-corrected chi connectivity index (χ3v) is 3.87. The Balaban J connectivity index is 2.14. The maximum absolute atomic E-state index is 13.4. The second kappa shape index (κ2) is 4.76. The van der Waals surface area contributed by atoms with Gasteiger partial charge in [0, 0.05) is 12.0 Å². The highest BCUT2D eigenvalue weighted by molar-refractivity contribution is 7.99. The summed E-state index contributed by atoms with van der Waals surface area (Å²) in [5.41, 5.74) is -0.679. The van der Waals surface area contributed by atoms with E-state index in [0.29, 0.717) is 11.5 Å². The van der Waals surface area contributed by atoms with Gasteiger partial charge in [-0.15, -0.1) is 0 Å². The highest BCUT2D eigenvalue weighted by Gasteiger charge is 2.32. The molecule has 0 bridgehead atoms. The van der Waals surface area contributed by atoms with Gasteiger partial charge in [-0.25, -0.2) is 8.78 Å². The van der Waals surface area contributed by atoms with Crippen LogP contribution in [0.15, 0.2) is 23.4 Å². The molecule has 98 valence electrons. The highest BCUT2D eigenvalue weighted by atomic mass is 32.2. The van der Waals surface area contributed by atoms with Gasteiger partial charge in [-0.3, -0.25) is 4.21 Å². The van der Waals surface area contributed by atoms with Crippen molar-refractivity contribution in [3.05, 3.63) is 35.4 Å². The minimum atomic E-state index is -1.57. The molecule has 1 heterocycles. The summed E-state index contributed by atoms with van der Waals surface area (Å²) in [5, 5.41) is 4.05. The minimum Gasteiger partial charge on any atom is -0.389 e. The molecular weight excluding hydrogens is 260 g/mol. The van der Waals surface area contributed by atoms with Crippen LogP contribution >= 0.6 is 0 Å². The molecule has 0 aromatic heterocycles. The second-order valence-electron chi connectivity index (χ2n) is 4.70. The van der Waals surface area contributed by atoms with Gasteiger partial charge in [-0.2, -0.15) is 0 Å². The van der Waals surface area contributed by atoms with Crippen LogP contribution in [0.2, 0.25) is 0 Å². The van der Waals surface area contributed by atoms with Crippen molar-refractivity contribution in [3.8, 4) is 0 Å². The molecule has 0 unspecified atom stereocenters. The molecule has 1 aromatic carbocycles. The van der Waals surface area contributed by atoms with Crippen molar-refractivity contribution in [1.82, 2.24) is 0 Å². The van der Waals surface area contributed by atoms with Crippen molar-refractivity contribution in [2.75, 3.05) is 0 Å². The van der Waals surface area contributed by atoms with Crippen molar-refractivity contribution in [1.29, 1.82) is 0 Å². The number of oxime groups is 1. The van der Waals surface area contributed by atoms with E-state index in [-0.39, 0.29) is 11.3 Å². The monoisotopic (exact) mass is 273 g/mol. The number of benzene rings is 1. The standard InChI is InChI=1S/C12H13F2NO2S/c1-12(2)6-11(15-17-12)18(16)7-8-9(13)4-3-5-10(8)14/h3-5H,6-7H2,1-2H3/t18-/m0/s1. The van der Waals surface area contributed by atoms with Crippen molar-refractivity contribution >= 4 is 15.8 Å². The summed E-state index contributed by atoms with van der Waals surface area (Å²) < 4.78 is 38.8. The van der Waals surface area contributed by atoms with Crippen LogP contribution in [-0.4, -0.2) is 14.9 Å².